The van der Waals surface area contributed by atoms with Gasteiger partial charge in [0.1, 0.15) is 0 Å². The summed E-state index contributed by atoms with van der Waals surface area (Å²) in [6.45, 7) is 8.61. The fourth-order valence-corrected chi connectivity index (χ4v) is 2.15. The van der Waals surface area contributed by atoms with Gasteiger partial charge >= 0.3 is 0 Å². The number of anilines is 1. The molecule has 0 aromatic heterocycles. The molecule has 0 saturated carbocycles. The first-order valence-electron chi connectivity index (χ1n) is 6.46. The van der Waals surface area contributed by atoms with E-state index in [2.05, 4.69) is 75.5 Å². The normalized spacial score (nSPS) is 12.2. The Morgan fingerprint density at radius 2 is 1.61 bits per heavy atom. The highest BCUT2D eigenvalue weighted by atomic mass is 14.9. The van der Waals surface area contributed by atoms with Gasteiger partial charge in [0.15, 0.2) is 0 Å². The van der Waals surface area contributed by atoms with Gasteiger partial charge in [-0.25, -0.2) is 0 Å². The van der Waals surface area contributed by atoms with Crippen molar-refractivity contribution >= 4 is 5.69 Å². The lowest BCUT2D eigenvalue weighted by atomic mass is 10.0. The van der Waals surface area contributed by atoms with Gasteiger partial charge in [-0.3, -0.25) is 0 Å². The summed E-state index contributed by atoms with van der Waals surface area (Å²) in [4.78, 5) is 0. The number of aryl methyl sites for hydroxylation is 3. The fraction of sp³-hybridized carbons (Fsp3) is 0.294. The number of hydrogen-bond acceptors (Lipinski definition) is 1. The van der Waals surface area contributed by atoms with Crippen molar-refractivity contribution in [3.63, 3.8) is 0 Å². The van der Waals surface area contributed by atoms with E-state index in [4.69, 9.17) is 0 Å². The highest BCUT2D eigenvalue weighted by Crippen LogP contribution is 2.23. The van der Waals surface area contributed by atoms with E-state index in [1.165, 1.54) is 27.9 Å². The molecule has 0 bridgehead atoms. The predicted molar refractivity (Wildman–Crippen MR) is 79.1 cm³/mol. The minimum atomic E-state index is 0.324. The summed E-state index contributed by atoms with van der Waals surface area (Å²) in [7, 11) is 0. The maximum Gasteiger partial charge on any atom is 0.0485 e. The quantitative estimate of drug-likeness (QED) is 0.812. The summed E-state index contributed by atoms with van der Waals surface area (Å²) < 4.78 is 0. The Morgan fingerprint density at radius 3 is 2.33 bits per heavy atom. The van der Waals surface area contributed by atoms with Crippen LogP contribution in [-0.2, 0) is 0 Å². The molecule has 1 N–H and O–H groups in total. The zero-order valence-electron chi connectivity index (χ0n) is 11.6. The summed E-state index contributed by atoms with van der Waals surface area (Å²) in [5.41, 5.74) is 6.45. The maximum absolute atomic E-state index is 3.59. The zero-order chi connectivity index (χ0) is 13.1. The Balaban J connectivity index is 2.21. The van der Waals surface area contributed by atoms with Crippen LogP contribution in [0.1, 0.15) is 35.2 Å². The van der Waals surface area contributed by atoms with Crippen molar-refractivity contribution in [2.45, 2.75) is 33.7 Å². The molecule has 1 atom stereocenters. The Bertz CT molecular complexity index is 543. The molecular formula is C17H21N. The molecule has 2 aromatic rings. The van der Waals surface area contributed by atoms with Crippen molar-refractivity contribution in [3.8, 4) is 0 Å². The van der Waals surface area contributed by atoms with Crippen molar-refractivity contribution in [3.05, 3.63) is 64.7 Å². The molecule has 0 aliphatic heterocycles. The van der Waals surface area contributed by atoms with Gasteiger partial charge in [0, 0.05) is 11.7 Å². The molecule has 1 nitrogen and oxygen atoms in total. The third kappa shape index (κ3) is 2.92. The van der Waals surface area contributed by atoms with Crippen LogP contribution < -0.4 is 5.32 Å². The second-order valence-corrected chi connectivity index (χ2v) is 5.10. The Hall–Kier alpha value is -1.76. The molecular weight excluding hydrogens is 218 g/mol. The van der Waals surface area contributed by atoms with E-state index in [1.54, 1.807) is 0 Å². The van der Waals surface area contributed by atoms with Crippen LogP contribution in [0.15, 0.2) is 42.5 Å². The second-order valence-electron chi connectivity index (χ2n) is 5.10. The van der Waals surface area contributed by atoms with Crippen LogP contribution in [0, 0.1) is 20.8 Å². The Kier molecular flexibility index (Phi) is 3.71. The Labute approximate surface area is 110 Å². The van der Waals surface area contributed by atoms with Crippen LogP contribution in [0.5, 0.6) is 0 Å². The van der Waals surface area contributed by atoms with Crippen molar-refractivity contribution < 1.29 is 0 Å². The van der Waals surface area contributed by atoms with Crippen molar-refractivity contribution in [2.24, 2.45) is 0 Å². The lowest BCUT2D eigenvalue weighted by molar-refractivity contribution is 0.880. The van der Waals surface area contributed by atoms with Crippen molar-refractivity contribution in [1.82, 2.24) is 0 Å². The van der Waals surface area contributed by atoms with E-state index >= 15 is 0 Å². The topological polar surface area (TPSA) is 12.0 Å². The molecule has 0 amide bonds. The standard InChI is InChI=1S/C17H21N/c1-12-6-5-7-16(10-12)15(4)18-17-11-13(2)8-9-14(17)3/h5-11,15,18H,1-4H3. The van der Waals surface area contributed by atoms with Gasteiger partial charge in [0.2, 0.25) is 0 Å². The van der Waals surface area contributed by atoms with Gasteiger partial charge in [-0.2, -0.15) is 0 Å². The van der Waals surface area contributed by atoms with E-state index < -0.39 is 0 Å². The van der Waals surface area contributed by atoms with Gasteiger partial charge < -0.3 is 5.32 Å². The van der Waals surface area contributed by atoms with E-state index in [0.717, 1.165) is 0 Å². The van der Waals surface area contributed by atoms with Crippen LogP contribution in [0.2, 0.25) is 0 Å². The maximum atomic E-state index is 3.59. The average molecular weight is 239 g/mol. The first kappa shape index (κ1) is 12.7. The van der Waals surface area contributed by atoms with Gasteiger partial charge in [-0.05, 0) is 50.5 Å². The van der Waals surface area contributed by atoms with Gasteiger partial charge in [0.05, 0.1) is 0 Å². The highest BCUT2D eigenvalue weighted by Gasteiger charge is 2.07. The summed E-state index contributed by atoms with van der Waals surface area (Å²) >= 11 is 0. The fourth-order valence-electron chi connectivity index (χ4n) is 2.15. The third-order valence-corrected chi connectivity index (χ3v) is 3.31. The monoisotopic (exact) mass is 239 g/mol. The van der Waals surface area contributed by atoms with E-state index in [9.17, 15) is 0 Å². The van der Waals surface area contributed by atoms with Gasteiger partial charge in [0.25, 0.3) is 0 Å². The van der Waals surface area contributed by atoms with Gasteiger partial charge in [-0.1, -0.05) is 42.0 Å². The smallest absolute Gasteiger partial charge is 0.0485 e. The molecule has 1 heteroatoms. The van der Waals surface area contributed by atoms with Crippen molar-refractivity contribution in [1.29, 1.82) is 0 Å². The molecule has 2 aromatic carbocycles. The summed E-state index contributed by atoms with van der Waals surface area (Å²) in [6.07, 6.45) is 0. The minimum absolute atomic E-state index is 0.324. The van der Waals surface area contributed by atoms with E-state index in [1.807, 2.05) is 0 Å². The molecule has 2 rings (SSSR count). The summed E-state index contributed by atoms with van der Waals surface area (Å²) in [6, 6.07) is 15.5. The number of nitrogens with one attached hydrogen (secondary N) is 1. The third-order valence-electron chi connectivity index (χ3n) is 3.31. The van der Waals surface area contributed by atoms with Crippen LogP contribution in [0.3, 0.4) is 0 Å². The predicted octanol–water partition coefficient (Wildman–Crippen LogP) is 4.78. The van der Waals surface area contributed by atoms with Crippen LogP contribution >= 0.6 is 0 Å². The highest BCUT2D eigenvalue weighted by molar-refractivity contribution is 5.53. The molecule has 0 spiro atoms. The molecule has 0 saturated heterocycles. The molecule has 94 valence electrons. The molecule has 18 heavy (non-hydrogen) atoms. The largest absolute Gasteiger partial charge is 0.378 e. The lowest BCUT2D eigenvalue weighted by Gasteiger charge is -2.18. The molecule has 0 heterocycles. The van der Waals surface area contributed by atoms with Gasteiger partial charge in [-0.15, -0.1) is 0 Å². The van der Waals surface area contributed by atoms with Crippen LogP contribution in [0.25, 0.3) is 0 Å². The number of benzene rings is 2. The Morgan fingerprint density at radius 1 is 0.889 bits per heavy atom. The zero-order valence-corrected chi connectivity index (χ0v) is 11.6. The molecule has 1 unspecified atom stereocenters. The first-order valence-corrected chi connectivity index (χ1v) is 6.46. The molecule has 0 aliphatic carbocycles. The molecule has 0 fully saturated rings. The minimum Gasteiger partial charge on any atom is -0.378 e. The second kappa shape index (κ2) is 5.26. The SMILES string of the molecule is Cc1cccc(C(C)Nc2cc(C)ccc2C)c1. The number of hydrogen-bond donors (Lipinski definition) is 1. The number of rotatable bonds is 3. The van der Waals surface area contributed by atoms with Crippen LogP contribution in [-0.4, -0.2) is 0 Å². The van der Waals surface area contributed by atoms with E-state index in [0.29, 0.717) is 6.04 Å². The first-order chi connectivity index (χ1) is 8.56. The summed E-state index contributed by atoms with van der Waals surface area (Å²) in [5, 5.41) is 3.59. The average Bonchev–Trinajstić information content (AvgIpc) is 2.34. The molecule has 0 aliphatic rings. The van der Waals surface area contributed by atoms with Crippen molar-refractivity contribution in [2.75, 3.05) is 5.32 Å². The van der Waals surface area contributed by atoms with E-state index in [-0.39, 0.29) is 0 Å². The lowest BCUT2D eigenvalue weighted by Crippen LogP contribution is -2.08. The molecule has 0 radical (unpaired) electrons. The van der Waals surface area contributed by atoms with Crippen LogP contribution in [0.4, 0.5) is 5.69 Å². The summed E-state index contributed by atoms with van der Waals surface area (Å²) in [5.74, 6) is 0.